The second-order valence-corrected chi connectivity index (χ2v) is 4.09. The summed E-state index contributed by atoms with van der Waals surface area (Å²) in [5.41, 5.74) is 3.39. The zero-order valence-electron chi connectivity index (χ0n) is 10.4. The second kappa shape index (κ2) is 3.87. The van der Waals surface area contributed by atoms with Crippen LogP contribution in [0.1, 0.15) is 11.7 Å². The van der Waals surface area contributed by atoms with E-state index >= 15 is 0 Å². The molecule has 0 saturated heterocycles. The van der Waals surface area contributed by atoms with E-state index in [0.29, 0.717) is 11.9 Å². The topological polar surface area (TPSA) is 64.1 Å². The van der Waals surface area contributed by atoms with Gasteiger partial charge in [0, 0.05) is 19.5 Å². The van der Waals surface area contributed by atoms with Crippen LogP contribution < -0.4 is 5.32 Å². The highest BCUT2D eigenvalue weighted by molar-refractivity contribution is 5.79. The van der Waals surface area contributed by atoms with Crippen molar-refractivity contribution in [3.8, 4) is 11.3 Å². The van der Waals surface area contributed by atoms with Crippen molar-refractivity contribution in [1.82, 2.24) is 9.97 Å². The first-order valence-electron chi connectivity index (χ1n) is 5.70. The van der Waals surface area contributed by atoms with Crippen molar-refractivity contribution in [2.75, 3.05) is 12.4 Å². The van der Waals surface area contributed by atoms with E-state index < -0.39 is 0 Å². The van der Waals surface area contributed by atoms with Crippen molar-refractivity contribution < 1.29 is 8.83 Å². The van der Waals surface area contributed by atoms with Crippen LogP contribution in [0.3, 0.4) is 0 Å². The molecule has 0 fully saturated rings. The van der Waals surface area contributed by atoms with E-state index in [2.05, 4.69) is 15.3 Å². The molecular formula is C13H13N3O2. The number of nitrogens with zero attached hydrogens (tertiary/aromatic N) is 2. The number of aryl methyl sites for hydroxylation is 2. The first-order chi connectivity index (χ1) is 8.67. The molecule has 3 rings (SSSR count). The molecule has 1 N–H and O–H groups in total. The number of hydrogen-bond acceptors (Lipinski definition) is 5. The van der Waals surface area contributed by atoms with Crippen LogP contribution in [-0.2, 0) is 0 Å². The summed E-state index contributed by atoms with van der Waals surface area (Å²) in [5, 5.41) is 2.89. The van der Waals surface area contributed by atoms with Gasteiger partial charge in [-0.05, 0) is 19.1 Å². The first-order valence-corrected chi connectivity index (χ1v) is 5.70. The molecule has 2 heterocycles. The van der Waals surface area contributed by atoms with E-state index in [-0.39, 0.29) is 0 Å². The minimum absolute atomic E-state index is 0.511. The van der Waals surface area contributed by atoms with Crippen LogP contribution in [0.15, 0.2) is 27.0 Å². The maximum Gasteiger partial charge on any atom is 0.295 e. The molecule has 2 aromatic heterocycles. The Bertz CT molecular complexity index is 712. The standard InChI is InChI=1S/C13H13N3O2/c1-7-12(16-13(14-3)17-7)9-4-5-10-11(6-9)18-8(2)15-10/h4-6H,1-3H3,(H,14,16). The van der Waals surface area contributed by atoms with Crippen LogP contribution in [-0.4, -0.2) is 17.0 Å². The lowest BCUT2D eigenvalue weighted by molar-refractivity contribution is 0.544. The van der Waals surface area contributed by atoms with Crippen LogP contribution in [0.25, 0.3) is 22.4 Å². The first kappa shape index (κ1) is 10.8. The van der Waals surface area contributed by atoms with Crippen LogP contribution >= 0.6 is 0 Å². The summed E-state index contributed by atoms with van der Waals surface area (Å²) in [6.07, 6.45) is 0. The van der Waals surface area contributed by atoms with E-state index in [1.807, 2.05) is 32.0 Å². The number of hydrogen-bond donors (Lipinski definition) is 1. The average molecular weight is 243 g/mol. The van der Waals surface area contributed by atoms with Crippen molar-refractivity contribution in [2.24, 2.45) is 0 Å². The normalized spacial score (nSPS) is 11.1. The highest BCUT2D eigenvalue weighted by Gasteiger charge is 2.12. The van der Waals surface area contributed by atoms with Gasteiger partial charge in [-0.15, -0.1) is 0 Å². The van der Waals surface area contributed by atoms with Gasteiger partial charge < -0.3 is 14.2 Å². The summed E-state index contributed by atoms with van der Waals surface area (Å²) < 4.78 is 11.0. The third-order valence-electron chi connectivity index (χ3n) is 2.78. The second-order valence-electron chi connectivity index (χ2n) is 4.09. The van der Waals surface area contributed by atoms with E-state index in [0.717, 1.165) is 28.1 Å². The molecule has 0 unspecified atom stereocenters. The predicted octanol–water partition coefficient (Wildman–Crippen LogP) is 3.14. The number of aromatic nitrogens is 2. The van der Waals surface area contributed by atoms with Crippen LogP contribution in [0.2, 0.25) is 0 Å². The Labute approximate surface area is 104 Å². The maximum atomic E-state index is 5.52. The Balaban J connectivity index is 2.15. The van der Waals surface area contributed by atoms with Gasteiger partial charge in [0.1, 0.15) is 17.0 Å². The molecule has 0 aliphatic heterocycles. The highest BCUT2D eigenvalue weighted by atomic mass is 16.4. The Morgan fingerprint density at radius 3 is 2.67 bits per heavy atom. The quantitative estimate of drug-likeness (QED) is 0.749. The summed E-state index contributed by atoms with van der Waals surface area (Å²) in [6, 6.07) is 6.33. The Hall–Kier alpha value is -2.30. The van der Waals surface area contributed by atoms with Gasteiger partial charge in [0.25, 0.3) is 6.01 Å². The third kappa shape index (κ3) is 1.64. The molecule has 0 saturated carbocycles. The monoisotopic (exact) mass is 243 g/mol. The van der Waals surface area contributed by atoms with Crippen molar-refractivity contribution >= 4 is 17.1 Å². The largest absolute Gasteiger partial charge is 0.441 e. The van der Waals surface area contributed by atoms with Gasteiger partial charge in [0.15, 0.2) is 11.5 Å². The van der Waals surface area contributed by atoms with Gasteiger partial charge in [0.2, 0.25) is 0 Å². The zero-order valence-corrected chi connectivity index (χ0v) is 10.4. The van der Waals surface area contributed by atoms with Crippen molar-refractivity contribution in [3.05, 3.63) is 29.9 Å². The smallest absolute Gasteiger partial charge is 0.295 e. The number of rotatable bonds is 2. The molecule has 0 amide bonds. The molecule has 0 aliphatic carbocycles. The number of benzene rings is 1. The summed E-state index contributed by atoms with van der Waals surface area (Å²) in [5.74, 6) is 1.44. The molecule has 92 valence electrons. The van der Waals surface area contributed by atoms with E-state index in [4.69, 9.17) is 8.83 Å². The predicted molar refractivity (Wildman–Crippen MR) is 68.5 cm³/mol. The molecule has 0 spiro atoms. The van der Waals surface area contributed by atoms with Gasteiger partial charge in [-0.25, -0.2) is 4.98 Å². The number of anilines is 1. The molecule has 0 atom stereocenters. The lowest BCUT2D eigenvalue weighted by Crippen LogP contribution is -1.87. The number of fused-ring (bicyclic) bond motifs is 1. The Kier molecular flexibility index (Phi) is 2.33. The lowest BCUT2D eigenvalue weighted by Gasteiger charge is -1.96. The summed E-state index contributed by atoms with van der Waals surface area (Å²) in [7, 11) is 1.78. The molecule has 3 aromatic rings. The Morgan fingerprint density at radius 2 is 1.94 bits per heavy atom. The van der Waals surface area contributed by atoms with Gasteiger partial charge in [0.05, 0.1) is 0 Å². The van der Waals surface area contributed by atoms with Crippen molar-refractivity contribution in [1.29, 1.82) is 0 Å². The van der Waals surface area contributed by atoms with Gasteiger partial charge >= 0.3 is 0 Å². The number of nitrogens with one attached hydrogen (secondary N) is 1. The van der Waals surface area contributed by atoms with Crippen molar-refractivity contribution in [3.63, 3.8) is 0 Å². The molecule has 0 radical (unpaired) electrons. The van der Waals surface area contributed by atoms with Gasteiger partial charge in [-0.1, -0.05) is 6.07 Å². The highest BCUT2D eigenvalue weighted by Crippen LogP contribution is 2.28. The van der Waals surface area contributed by atoms with Crippen LogP contribution in [0, 0.1) is 13.8 Å². The number of oxazole rings is 2. The third-order valence-corrected chi connectivity index (χ3v) is 2.78. The minimum atomic E-state index is 0.511. The lowest BCUT2D eigenvalue weighted by atomic mass is 10.1. The van der Waals surface area contributed by atoms with Crippen molar-refractivity contribution in [2.45, 2.75) is 13.8 Å². The van der Waals surface area contributed by atoms with E-state index in [1.54, 1.807) is 7.05 Å². The van der Waals surface area contributed by atoms with E-state index in [9.17, 15) is 0 Å². The molecule has 5 heteroatoms. The summed E-state index contributed by atoms with van der Waals surface area (Å²) >= 11 is 0. The molecular weight excluding hydrogens is 230 g/mol. The van der Waals surface area contributed by atoms with Gasteiger partial charge in [-0.2, -0.15) is 4.98 Å². The zero-order chi connectivity index (χ0) is 12.7. The fourth-order valence-electron chi connectivity index (χ4n) is 1.96. The summed E-state index contributed by atoms with van der Waals surface area (Å²) in [4.78, 5) is 8.64. The SMILES string of the molecule is CNc1nc(-c2ccc3nc(C)oc3c2)c(C)o1. The maximum absolute atomic E-state index is 5.52. The fraction of sp³-hybridized carbons (Fsp3) is 0.231. The van der Waals surface area contributed by atoms with Gasteiger partial charge in [-0.3, -0.25) is 0 Å². The molecule has 0 aliphatic rings. The molecule has 5 nitrogen and oxygen atoms in total. The molecule has 0 bridgehead atoms. The Morgan fingerprint density at radius 1 is 1.11 bits per heavy atom. The summed E-state index contributed by atoms with van der Waals surface area (Å²) in [6.45, 7) is 3.72. The van der Waals surface area contributed by atoms with E-state index in [1.165, 1.54) is 0 Å². The molecule has 1 aromatic carbocycles. The fourth-order valence-corrected chi connectivity index (χ4v) is 1.96. The minimum Gasteiger partial charge on any atom is -0.441 e. The van der Waals surface area contributed by atoms with Crippen LogP contribution in [0.5, 0.6) is 0 Å². The molecule has 18 heavy (non-hydrogen) atoms. The van der Waals surface area contributed by atoms with Crippen LogP contribution in [0.4, 0.5) is 6.01 Å². The average Bonchev–Trinajstić information content (AvgIpc) is 2.89.